The van der Waals surface area contributed by atoms with E-state index in [1.807, 2.05) is 13.0 Å². The molecule has 1 aromatic rings. The molecule has 1 rings (SSSR count). The third-order valence-electron chi connectivity index (χ3n) is 3.31. The van der Waals surface area contributed by atoms with Gasteiger partial charge in [0.1, 0.15) is 11.7 Å². The molecular formula is C16H24N2O3. The average Bonchev–Trinajstić information content (AvgIpc) is 2.42. The molecule has 2 N–H and O–H groups in total. The average molecular weight is 292 g/mol. The molecule has 0 spiro atoms. The van der Waals surface area contributed by atoms with E-state index in [-0.39, 0.29) is 11.1 Å². The van der Waals surface area contributed by atoms with Crippen LogP contribution in [0, 0.1) is 0 Å². The summed E-state index contributed by atoms with van der Waals surface area (Å²) in [4.78, 5) is 27.3. The Hall–Kier alpha value is -1.91. The monoisotopic (exact) mass is 292 g/mol. The van der Waals surface area contributed by atoms with Gasteiger partial charge in [-0.2, -0.15) is 0 Å². The lowest BCUT2D eigenvalue weighted by molar-refractivity contribution is -0.139. The molecule has 1 aromatic heterocycles. The van der Waals surface area contributed by atoms with Crippen LogP contribution in [-0.2, 0) is 10.2 Å². The Bertz CT molecular complexity index is 489. The van der Waals surface area contributed by atoms with E-state index in [9.17, 15) is 9.59 Å². The molecule has 0 bridgehead atoms. The lowest BCUT2D eigenvalue weighted by Gasteiger charge is -2.18. The van der Waals surface area contributed by atoms with Gasteiger partial charge in [0, 0.05) is 6.20 Å². The molecule has 116 valence electrons. The number of amides is 1. The first-order valence-electron chi connectivity index (χ1n) is 7.26. The summed E-state index contributed by atoms with van der Waals surface area (Å²) in [6.07, 6.45) is 3.74. The number of nitrogens with one attached hydrogen (secondary N) is 1. The number of hydrogen-bond donors (Lipinski definition) is 2. The summed E-state index contributed by atoms with van der Waals surface area (Å²) in [6, 6.07) is 2.62. The first kappa shape index (κ1) is 17.1. The molecule has 0 aliphatic rings. The zero-order valence-electron chi connectivity index (χ0n) is 13.1. The lowest BCUT2D eigenvalue weighted by Crippen LogP contribution is -2.41. The van der Waals surface area contributed by atoms with E-state index in [0.29, 0.717) is 6.42 Å². The van der Waals surface area contributed by atoms with Crippen molar-refractivity contribution in [3.8, 4) is 0 Å². The number of carboxylic acid groups (broad SMARTS) is 1. The van der Waals surface area contributed by atoms with Gasteiger partial charge in [0.2, 0.25) is 0 Å². The first-order valence-corrected chi connectivity index (χ1v) is 7.26. The Kier molecular flexibility index (Phi) is 5.88. The second-order valence-electron chi connectivity index (χ2n) is 6.19. The maximum Gasteiger partial charge on any atom is 0.326 e. The molecule has 0 aliphatic carbocycles. The van der Waals surface area contributed by atoms with E-state index in [1.54, 1.807) is 12.3 Å². The van der Waals surface area contributed by atoms with Gasteiger partial charge in [0.15, 0.2) is 0 Å². The van der Waals surface area contributed by atoms with Crippen molar-refractivity contribution in [2.75, 3.05) is 0 Å². The number of nitrogens with zero attached hydrogens (tertiary/aromatic N) is 1. The van der Waals surface area contributed by atoms with Gasteiger partial charge in [-0.25, -0.2) is 4.79 Å². The van der Waals surface area contributed by atoms with E-state index in [2.05, 4.69) is 31.1 Å². The Labute approximate surface area is 125 Å². The maximum atomic E-state index is 12.0. The molecule has 5 heteroatoms. The second kappa shape index (κ2) is 7.20. The fourth-order valence-corrected chi connectivity index (χ4v) is 1.87. The van der Waals surface area contributed by atoms with Crippen molar-refractivity contribution in [3.05, 3.63) is 29.6 Å². The van der Waals surface area contributed by atoms with E-state index >= 15 is 0 Å². The van der Waals surface area contributed by atoms with E-state index in [4.69, 9.17) is 5.11 Å². The first-order chi connectivity index (χ1) is 9.75. The summed E-state index contributed by atoms with van der Waals surface area (Å²) < 4.78 is 0. The molecule has 1 atom stereocenters. The summed E-state index contributed by atoms with van der Waals surface area (Å²) in [7, 11) is 0. The lowest BCUT2D eigenvalue weighted by atomic mass is 9.88. The number of carbonyl (C=O) groups excluding carboxylic acids is 1. The summed E-state index contributed by atoms with van der Waals surface area (Å²) in [5.41, 5.74) is 1.23. The van der Waals surface area contributed by atoms with Crippen LogP contribution in [0.25, 0.3) is 0 Å². The summed E-state index contributed by atoms with van der Waals surface area (Å²) in [5, 5.41) is 11.6. The summed E-state index contributed by atoms with van der Waals surface area (Å²) >= 11 is 0. The Morgan fingerprint density at radius 1 is 1.33 bits per heavy atom. The van der Waals surface area contributed by atoms with Crippen LogP contribution >= 0.6 is 0 Å². The summed E-state index contributed by atoms with van der Waals surface area (Å²) in [5.74, 6) is -1.46. The second-order valence-corrected chi connectivity index (χ2v) is 6.19. The highest BCUT2D eigenvalue weighted by Gasteiger charge is 2.21. The molecule has 0 aliphatic heterocycles. The van der Waals surface area contributed by atoms with Crippen LogP contribution in [0.5, 0.6) is 0 Å². The molecule has 0 unspecified atom stereocenters. The topological polar surface area (TPSA) is 79.3 Å². The SMILES string of the molecule is CCCC[C@H](NC(=O)c1ccc(C(C)(C)C)cn1)C(=O)O. The van der Waals surface area contributed by atoms with Crippen LogP contribution in [0.15, 0.2) is 18.3 Å². The van der Waals surface area contributed by atoms with Gasteiger partial charge >= 0.3 is 5.97 Å². The van der Waals surface area contributed by atoms with Crippen molar-refractivity contribution >= 4 is 11.9 Å². The van der Waals surface area contributed by atoms with Crippen molar-refractivity contribution in [1.29, 1.82) is 0 Å². The van der Waals surface area contributed by atoms with Gasteiger partial charge in [-0.3, -0.25) is 9.78 Å². The number of carbonyl (C=O) groups is 2. The third-order valence-corrected chi connectivity index (χ3v) is 3.31. The fourth-order valence-electron chi connectivity index (χ4n) is 1.87. The van der Waals surface area contributed by atoms with Gasteiger partial charge in [-0.1, -0.05) is 46.6 Å². The molecule has 0 saturated heterocycles. The predicted molar refractivity (Wildman–Crippen MR) is 81.4 cm³/mol. The Balaban J connectivity index is 2.76. The zero-order chi connectivity index (χ0) is 16.0. The number of hydrogen-bond acceptors (Lipinski definition) is 3. The van der Waals surface area contributed by atoms with Gasteiger partial charge in [-0.05, 0) is 23.5 Å². The van der Waals surface area contributed by atoms with E-state index in [0.717, 1.165) is 18.4 Å². The molecule has 0 saturated carbocycles. The number of unbranched alkanes of at least 4 members (excludes halogenated alkanes) is 1. The van der Waals surface area contributed by atoms with Crippen LogP contribution in [0.4, 0.5) is 0 Å². The van der Waals surface area contributed by atoms with Crippen molar-refractivity contribution < 1.29 is 14.7 Å². The number of aromatic nitrogens is 1. The molecule has 1 heterocycles. The number of pyridine rings is 1. The maximum absolute atomic E-state index is 12.0. The third kappa shape index (κ3) is 5.17. The largest absolute Gasteiger partial charge is 0.480 e. The van der Waals surface area contributed by atoms with Crippen LogP contribution in [0.1, 0.15) is 63.0 Å². The van der Waals surface area contributed by atoms with Crippen LogP contribution in [0.3, 0.4) is 0 Å². The zero-order valence-corrected chi connectivity index (χ0v) is 13.1. The van der Waals surface area contributed by atoms with Gasteiger partial charge in [0.25, 0.3) is 5.91 Å². The van der Waals surface area contributed by atoms with Crippen molar-refractivity contribution in [2.24, 2.45) is 0 Å². The minimum atomic E-state index is -1.01. The molecule has 1 amide bonds. The highest BCUT2D eigenvalue weighted by molar-refractivity contribution is 5.94. The van der Waals surface area contributed by atoms with Gasteiger partial charge in [-0.15, -0.1) is 0 Å². The normalized spacial score (nSPS) is 12.8. The standard InChI is InChI=1S/C16H24N2O3/c1-5-6-7-13(15(20)21)18-14(19)12-9-8-11(10-17-12)16(2,3)4/h8-10,13H,5-7H2,1-4H3,(H,18,19)(H,20,21)/t13-/m0/s1. The molecule has 5 nitrogen and oxygen atoms in total. The minimum absolute atomic E-state index is 0.0350. The molecule has 21 heavy (non-hydrogen) atoms. The predicted octanol–water partition coefficient (Wildman–Crippen LogP) is 2.75. The number of carboxylic acids is 1. The molecular weight excluding hydrogens is 268 g/mol. The highest BCUT2D eigenvalue weighted by atomic mass is 16.4. The molecule has 0 aromatic carbocycles. The minimum Gasteiger partial charge on any atom is -0.480 e. The quantitative estimate of drug-likeness (QED) is 0.845. The van der Waals surface area contributed by atoms with Gasteiger partial charge < -0.3 is 10.4 Å². The fraction of sp³-hybridized carbons (Fsp3) is 0.562. The van der Waals surface area contributed by atoms with E-state index < -0.39 is 17.9 Å². The number of rotatable bonds is 6. The van der Waals surface area contributed by atoms with Crippen molar-refractivity contribution in [3.63, 3.8) is 0 Å². The number of aliphatic carboxylic acids is 1. The van der Waals surface area contributed by atoms with Crippen molar-refractivity contribution in [1.82, 2.24) is 10.3 Å². The van der Waals surface area contributed by atoms with Crippen LogP contribution in [0.2, 0.25) is 0 Å². The van der Waals surface area contributed by atoms with Gasteiger partial charge in [0.05, 0.1) is 0 Å². The molecule has 0 radical (unpaired) electrons. The van der Waals surface area contributed by atoms with Crippen molar-refractivity contribution in [2.45, 2.75) is 58.4 Å². The Morgan fingerprint density at radius 3 is 2.43 bits per heavy atom. The molecule has 0 fully saturated rings. The smallest absolute Gasteiger partial charge is 0.326 e. The van der Waals surface area contributed by atoms with E-state index in [1.165, 1.54) is 0 Å². The van der Waals surface area contributed by atoms with Crippen LogP contribution in [-0.4, -0.2) is 28.0 Å². The van der Waals surface area contributed by atoms with Crippen LogP contribution < -0.4 is 5.32 Å². The summed E-state index contributed by atoms with van der Waals surface area (Å²) in [6.45, 7) is 8.17. The Morgan fingerprint density at radius 2 is 2.00 bits per heavy atom. The highest BCUT2D eigenvalue weighted by Crippen LogP contribution is 2.20.